The summed E-state index contributed by atoms with van der Waals surface area (Å²) in [7, 11) is 0. The number of ether oxygens (including phenoxy) is 1. The lowest BCUT2D eigenvalue weighted by Crippen LogP contribution is -2.33. The Morgan fingerprint density at radius 3 is 2.42 bits per heavy atom. The molecule has 1 aliphatic heterocycles. The van der Waals surface area contributed by atoms with Crippen molar-refractivity contribution in [2.24, 2.45) is 0 Å². The van der Waals surface area contributed by atoms with Crippen molar-refractivity contribution in [2.45, 2.75) is 13.3 Å². The van der Waals surface area contributed by atoms with E-state index in [4.69, 9.17) is 4.74 Å². The van der Waals surface area contributed by atoms with Crippen LogP contribution >= 0.6 is 0 Å². The van der Waals surface area contributed by atoms with Gasteiger partial charge in [-0.2, -0.15) is 0 Å². The summed E-state index contributed by atoms with van der Waals surface area (Å²) in [5, 5.41) is 4.85. The first-order valence-electron chi connectivity index (χ1n) is 11.0. The van der Waals surface area contributed by atoms with Crippen LogP contribution in [-0.4, -0.2) is 25.0 Å². The Kier molecular flexibility index (Phi) is 5.53. The van der Waals surface area contributed by atoms with Gasteiger partial charge in [-0.3, -0.25) is 9.59 Å². The van der Waals surface area contributed by atoms with Gasteiger partial charge in [-0.25, -0.2) is 0 Å². The highest BCUT2D eigenvalue weighted by atomic mass is 16.5. The second-order valence-corrected chi connectivity index (χ2v) is 8.18. The van der Waals surface area contributed by atoms with Crippen molar-refractivity contribution in [1.29, 1.82) is 0 Å². The molecule has 0 aliphatic carbocycles. The maximum absolute atomic E-state index is 13.2. The molecule has 5 rings (SSSR count). The molecule has 5 heteroatoms. The quantitative estimate of drug-likeness (QED) is 0.458. The van der Waals surface area contributed by atoms with Gasteiger partial charge in [0.2, 0.25) is 0 Å². The third-order valence-corrected chi connectivity index (χ3v) is 6.03. The average molecular weight is 437 g/mol. The van der Waals surface area contributed by atoms with Crippen LogP contribution in [-0.2, 0) is 11.2 Å². The monoisotopic (exact) mass is 436 g/mol. The van der Waals surface area contributed by atoms with Gasteiger partial charge in [-0.05, 0) is 59.5 Å². The summed E-state index contributed by atoms with van der Waals surface area (Å²) in [5.41, 5.74) is 4.20. The molecule has 4 aromatic carbocycles. The first-order chi connectivity index (χ1) is 16.1. The summed E-state index contributed by atoms with van der Waals surface area (Å²) >= 11 is 0. The molecule has 0 spiro atoms. The number of aryl methyl sites for hydroxylation is 1. The smallest absolute Gasteiger partial charge is 0.264 e. The number of hydrogen-bond donors (Lipinski definition) is 1. The predicted octanol–water partition coefficient (Wildman–Crippen LogP) is 5.37. The molecular formula is C28H24N2O3. The van der Waals surface area contributed by atoms with Gasteiger partial charge >= 0.3 is 0 Å². The van der Waals surface area contributed by atoms with Gasteiger partial charge in [0.25, 0.3) is 11.8 Å². The molecule has 0 radical (unpaired) electrons. The lowest BCUT2D eigenvalue weighted by Gasteiger charge is -2.19. The van der Waals surface area contributed by atoms with E-state index in [9.17, 15) is 9.59 Å². The van der Waals surface area contributed by atoms with Crippen LogP contribution in [0.2, 0.25) is 0 Å². The molecule has 0 saturated carbocycles. The Hall–Kier alpha value is -4.12. The van der Waals surface area contributed by atoms with E-state index in [1.54, 1.807) is 4.90 Å². The second-order valence-electron chi connectivity index (χ2n) is 8.18. The van der Waals surface area contributed by atoms with Crippen LogP contribution in [0.25, 0.3) is 10.8 Å². The third kappa shape index (κ3) is 4.17. The SMILES string of the molecule is Cc1ccccc1NC(=O)c1cc2ccccc2cc1OCC(=O)N1CCc2ccccc21. The number of fused-ring (bicyclic) bond motifs is 2. The second kappa shape index (κ2) is 8.79. The zero-order chi connectivity index (χ0) is 22.8. The number of benzene rings is 4. The standard InChI is InChI=1S/C28H24N2O3/c1-19-8-2-6-12-24(19)29-28(32)23-16-21-10-3-4-11-22(21)17-26(23)33-18-27(31)30-15-14-20-9-5-7-13-25(20)30/h2-13,16-17H,14-15,18H2,1H3,(H,29,32). The number of amides is 2. The van der Waals surface area contributed by atoms with E-state index in [1.165, 1.54) is 0 Å². The molecule has 0 atom stereocenters. The zero-order valence-corrected chi connectivity index (χ0v) is 18.4. The highest BCUT2D eigenvalue weighted by Gasteiger charge is 2.25. The largest absolute Gasteiger partial charge is 0.483 e. The number of nitrogens with zero attached hydrogens (tertiary/aromatic N) is 1. The van der Waals surface area contributed by atoms with E-state index in [0.717, 1.165) is 39.7 Å². The molecule has 164 valence electrons. The number of nitrogens with one attached hydrogen (secondary N) is 1. The minimum atomic E-state index is -0.274. The van der Waals surface area contributed by atoms with E-state index in [2.05, 4.69) is 5.32 Å². The van der Waals surface area contributed by atoms with Crippen LogP contribution in [0.1, 0.15) is 21.5 Å². The van der Waals surface area contributed by atoms with Gasteiger partial charge in [-0.15, -0.1) is 0 Å². The molecule has 0 saturated heterocycles. The van der Waals surface area contributed by atoms with Gasteiger partial charge in [0.1, 0.15) is 5.75 Å². The van der Waals surface area contributed by atoms with Crippen LogP contribution in [0.5, 0.6) is 5.75 Å². The molecule has 1 heterocycles. The summed E-state index contributed by atoms with van der Waals surface area (Å²) in [6.45, 7) is 2.44. The van der Waals surface area contributed by atoms with Crippen LogP contribution in [0.3, 0.4) is 0 Å². The maximum Gasteiger partial charge on any atom is 0.264 e. The highest BCUT2D eigenvalue weighted by molar-refractivity contribution is 6.09. The Labute approximate surface area is 192 Å². The van der Waals surface area contributed by atoms with Gasteiger partial charge in [0.15, 0.2) is 6.61 Å². The predicted molar refractivity (Wildman–Crippen MR) is 131 cm³/mol. The molecule has 33 heavy (non-hydrogen) atoms. The molecule has 1 aliphatic rings. The van der Waals surface area contributed by atoms with E-state index >= 15 is 0 Å². The normalized spacial score (nSPS) is 12.5. The summed E-state index contributed by atoms with van der Waals surface area (Å²) < 4.78 is 5.97. The van der Waals surface area contributed by atoms with Crippen molar-refractivity contribution in [2.75, 3.05) is 23.4 Å². The van der Waals surface area contributed by atoms with Gasteiger partial charge in [-0.1, -0.05) is 60.7 Å². The molecule has 5 nitrogen and oxygen atoms in total. The van der Waals surface area contributed by atoms with Crippen LogP contribution in [0.15, 0.2) is 84.9 Å². The minimum absolute atomic E-state index is 0.127. The molecule has 0 bridgehead atoms. The van der Waals surface area contributed by atoms with E-state index in [1.807, 2.05) is 91.9 Å². The highest BCUT2D eigenvalue weighted by Crippen LogP contribution is 2.30. The van der Waals surface area contributed by atoms with Crippen LogP contribution in [0.4, 0.5) is 11.4 Å². The average Bonchev–Trinajstić information content (AvgIpc) is 3.27. The Balaban J connectivity index is 1.41. The lowest BCUT2D eigenvalue weighted by molar-refractivity contribution is -0.120. The van der Waals surface area contributed by atoms with Gasteiger partial charge < -0.3 is 15.0 Å². The Morgan fingerprint density at radius 1 is 0.909 bits per heavy atom. The van der Waals surface area contributed by atoms with Crippen molar-refractivity contribution < 1.29 is 14.3 Å². The van der Waals surface area contributed by atoms with E-state index < -0.39 is 0 Å². The molecular weight excluding hydrogens is 412 g/mol. The van der Waals surface area contributed by atoms with Crippen molar-refractivity contribution in [3.8, 4) is 5.75 Å². The summed E-state index contributed by atoms with van der Waals surface area (Å²) in [4.78, 5) is 27.9. The Morgan fingerprint density at radius 2 is 1.61 bits per heavy atom. The fraction of sp³-hybridized carbons (Fsp3) is 0.143. The van der Waals surface area contributed by atoms with Crippen molar-refractivity contribution >= 4 is 34.0 Å². The molecule has 0 unspecified atom stereocenters. The first-order valence-corrected chi connectivity index (χ1v) is 11.0. The van der Waals surface area contributed by atoms with E-state index in [-0.39, 0.29) is 18.4 Å². The fourth-order valence-corrected chi connectivity index (χ4v) is 4.23. The minimum Gasteiger partial charge on any atom is -0.483 e. The molecule has 1 N–H and O–H groups in total. The molecule has 0 fully saturated rings. The van der Waals surface area contributed by atoms with Crippen molar-refractivity contribution in [1.82, 2.24) is 0 Å². The third-order valence-electron chi connectivity index (χ3n) is 6.03. The summed E-state index contributed by atoms with van der Waals surface area (Å²) in [6.07, 6.45) is 0.835. The summed E-state index contributed by atoms with van der Waals surface area (Å²) in [5.74, 6) is -0.0111. The number of rotatable bonds is 5. The number of carbonyl (C=O) groups excluding carboxylic acids is 2. The summed E-state index contributed by atoms with van der Waals surface area (Å²) in [6, 6.07) is 27.0. The van der Waals surface area contributed by atoms with E-state index in [0.29, 0.717) is 17.9 Å². The maximum atomic E-state index is 13.2. The lowest BCUT2D eigenvalue weighted by atomic mass is 10.0. The number of anilines is 2. The molecule has 2 amide bonds. The van der Waals surface area contributed by atoms with Crippen molar-refractivity contribution in [3.05, 3.63) is 102 Å². The first kappa shape index (κ1) is 20.8. The number of para-hydroxylation sites is 2. The zero-order valence-electron chi connectivity index (χ0n) is 18.4. The number of carbonyl (C=O) groups is 2. The number of hydrogen-bond acceptors (Lipinski definition) is 3. The fourth-order valence-electron chi connectivity index (χ4n) is 4.23. The topological polar surface area (TPSA) is 58.6 Å². The van der Waals surface area contributed by atoms with Gasteiger partial charge in [0, 0.05) is 17.9 Å². The van der Waals surface area contributed by atoms with Crippen LogP contribution < -0.4 is 15.0 Å². The van der Waals surface area contributed by atoms with Crippen molar-refractivity contribution in [3.63, 3.8) is 0 Å². The van der Waals surface area contributed by atoms with Crippen LogP contribution in [0, 0.1) is 6.92 Å². The molecule has 0 aromatic heterocycles. The molecule has 4 aromatic rings. The Bertz CT molecular complexity index is 1360. The van der Waals surface area contributed by atoms with Gasteiger partial charge in [0.05, 0.1) is 5.56 Å².